The van der Waals surface area contributed by atoms with Gasteiger partial charge in [-0.25, -0.2) is 0 Å². The lowest BCUT2D eigenvalue weighted by Crippen LogP contribution is -2.48. The molecule has 18 heavy (non-hydrogen) atoms. The maximum atomic E-state index is 7.66. The molecule has 0 amide bonds. The Labute approximate surface area is 115 Å². The van der Waals surface area contributed by atoms with Gasteiger partial charge in [-0.3, -0.25) is 0 Å². The summed E-state index contributed by atoms with van der Waals surface area (Å²) in [5.41, 5.74) is 0.886. The van der Waals surface area contributed by atoms with E-state index in [-0.39, 0.29) is 11.5 Å². The summed E-state index contributed by atoms with van der Waals surface area (Å²) >= 11 is 3.48. The molecule has 2 aliphatic rings. The van der Waals surface area contributed by atoms with Crippen LogP contribution in [0.4, 0.5) is 0 Å². The fraction of sp³-hybridized carbons (Fsp3) is 0.500. The number of hydrogen-bond acceptors (Lipinski definition) is 3. The molecule has 3 nitrogen and oxygen atoms in total. The summed E-state index contributed by atoms with van der Waals surface area (Å²) in [5, 5.41) is 7.66. The average Bonchev–Trinajstić information content (AvgIpc) is 2.39. The lowest BCUT2D eigenvalue weighted by molar-refractivity contribution is -0.0799. The van der Waals surface area contributed by atoms with Gasteiger partial charge >= 0.3 is 0 Å². The quantitative estimate of drug-likeness (QED) is 0.807. The van der Waals surface area contributed by atoms with E-state index in [1.807, 2.05) is 12.1 Å². The molecule has 4 heteroatoms. The molecule has 2 heterocycles. The molecule has 96 valence electrons. The number of fused-ring (bicyclic) bond motifs is 1. The monoisotopic (exact) mass is 309 g/mol. The topological polar surface area (TPSA) is 42.3 Å². The van der Waals surface area contributed by atoms with E-state index in [2.05, 4.69) is 22.0 Å². The Hall–Kier alpha value is -0.870. The van der Waals surface area contributed by atoms with Crippen molar-refractivity contribution in [3.05, 3.63) is 28.2 Å². The number of halogens is 1. The summed E-state index contributed by atoms with van der Waals surface area (Å²) in [6, 6.07) is 6.04. The summed E-state index contributed by atoms with van der Waals surface area (Å²) in [5.74, 6) is 1.04. The van der Waals surface area contributed by atoms with Crippen LogP contribution in [0.3, 0.4) is 0 Å². The number of nitrogens with one attached hydrogen (secondary N) is 1. The molecule has 1 aromatic carbocycles. The first-order valence-corrected chi connectivity index (χ1v) is 7.09. The van der Waals surface area contributed by atoms with E-state index in [1.165, 1.54) is 6.21 Å². The molecule has 0 aromatic heterocycles. The van der Waals surface area contributed by atoms with Gasteiger partial charge in [0, 0.05) is 35.2 Å². The van der Waals surface area contributed by atoms with E-state index < -0.39 is 0 Å². The van der Waals surface area contributed by atoms with Crippen LogP contribution in [-0.4, -0.2) is 25.0 Å². The van der Waals surface area contributed by atoms with Crippen molar-refractivity contribution in [1.82, 2.24) is 0 Å². The molecule has 0 bridgehead atoms. The van der Waals surface area contributed by atoms with Crippen LogP contribution >= 0.6 is 15.9 Å². The minimum Gasteiger partial charge on any atom is -0.485 e. The minimum atomic E-state index is -0.221. The predicted octanol–water partition coefficient (Wildman–Crippen LogP) is 3.51. The van der Waals surface area contributed by atoms with Crippen LogP contribution in [0.2, 0.25) is 0 Å². The first-order valence-electron chi connectivity index (χ1n) is 6.29. The molecule has 2 atom stereocenters. The van der Waals surface area contributed by atoms with Crippen LogP contribution in [0.15, 0.2) is 22.7 Å². The second-order valence-corrected chi connectivity index (χ2v) is 6.02. The largest absolute Gasteiger partial charge is 0.485 e. The summed E-state index contributed by atoms with van der Waals surface area (Å²) in [4.78, 5) is 0. The van der Waals surface area contributed by atoms with Crippen molar-refractivity contribution >= 4 is 22.1 Å². The van der Waals surface area contributed by atoms with Crippen molar-refractivity contribution in [2.75, 3.05) is 13.2 Å². The Balaban J connectivity index is 1.98. The van der Waals surface area contributed by atoms with Crippen LogP contribution in [0, 0.1) is 5.41 Å². The van der Waals surface area contributed by atoms with E-state index >= 15 is 0 Å². The van der Waals surface area contributed by atoms with Gasteiger partial charge in [0.15, 0.2) is 0 Å². The normalized spacial score (nSPS) is 30.6. The Morgan fingerprint density at radius 2 is 2.33 bits per heavy atom. The van der Waals surface area contributed by atoms with Crippen LogP contribution < -0.4 is 4.74 Å². The van der Waals surface area contributed by atoms with Gasteiger partial charge in [0.2, 0.25) is 0 Å². The standard InChI is InChI=1S/C14H16BrNO2/c15-11-2-3-13-12(6-11)10(8-16)7-14(18-13)4-1-5-17-9-14/h2-3,6,8,10,16H,1,4-5,7,9H2. The van der Waals surface area contributed by atoms with E-state index in [0.29, 0.717) is 6.61 Å². The van der Waals surface area contributed by atoms with Crippen LogP contribution in [0.1, 0.15) is 30.7 Å². The van der Waals surface area contributed by atoms with Crippen molar-refractivity contribution in [3.63, 3.8) is 0 Å². The molecule has 0 saturated carbocycles. The zero-order valence-electron chi connectivity index (χ0n) is 10.1. The Bertz CT molecular complexity index is 469. The molecule has 2 unspecified atom stereocenters. The zero-order valence-corrected chi connectivity index (χ0v) is 11.7. The molecule has 1 fully saturated rings. The second-order valence-electron chi connectivity index (χ2n) is 5.10. The zero-order chi connectivity index (χ0) is 12.6. The minimum absolute atomic E-state index is 0.132. The molecule has 3 rings (SSSR count). The molecular formula is C14H16BrNO2. The van der Waals surface area contributed by atoms with Gasteiger partial charge in [-0.1, -0.05) is 15.9 Å². The Morgan fingerprint density at radius 3 is 3.06 bits per heavy atom. The maximum absolute atomic E-state index is 7.66. The van der Waals surface area contributed by atoms with Gasteiger partial charge in [-0.05, 0) is 31.0 Å². The van der Waals surface area contributed by atoms with Crippen molar-refractivity contribution < 1.29 is 9.47 Å². The van der Waals surface area contributed by atoms with Crippen LogP contribution in [0.5, 0.6) is 5.75 Å². The third kappa shape index (κ3) is 2.08. The van der Waals surface area contributed by atoms with Gasteiger partial charge in [-0.15, -0.1) is 0 Å². The van der Waals surface area contributed by atoms with Crippen molar-refractivity contribution in [3.8, 4) is 5.75 Å². The van der Waals surface area contributed by atoms with E-state index in [0.717, 1.165) is 41.7 Å². The molecule has 0 radical (unpaired) electrons. The fourth-order valence-electron chi connectivity index (χ4n) is 2.90. The number of ether oxygens (including phenoxy) is 2. The van der Waals surface area contributed by atoms with Gasteiger partial charge in [-0.2, -0.15) is 0 Å². The summed E-state index contributed by atoms with van der Waals surface area (Å²) in [7, 11) is 0. The molecule has 2 aliphatic heterocycles. The highest BCUT2D eigenvalue weighted by Gasteiger charge is 2.42. The number of benzene rings is 1. The fourth-order valence-corrected chi connectivity index (χ4v) is 3.28. The summed E-state index contributed by atoms with van der Waals surface area (Å²) in [6.07, 6.45) is 4.44. The predicted molar refractivity (Wildman–Crippen MR) is 73.7 cm³/mol. The van der Waals surface area contributed by atoms with Gasteiger partial charge in [0.05, 0.1) is 6.61 Å². The number of rotatable bonds is 1. The first-order chi connectivity index (χ1) is 8.72. The van der Waals surface area contributed by atoms with Gasteiger partial charge < -0.3 is 14.9 Å². The lowest BCUT2D eigenvalue weighted by Gasteiger charge is -2.43. The van der Waals surface area contributed by atoms with Gasteiger partial charge in [0.25, 0.3) is 0 Å². The molecule has 1 spiro atoms. The van der Waals surface area contributed by atoms with E-state index in [1.54, 1.807) is 0 Å². The van der Waals surface area contributed by atoms with Crippen molar-refractivity contribution in [2.24, 2.45) is 0 Å². The van der Waals surface area contributed by atoms with Crippen LogP contribution in [0.25, 0.3) is 0 Å². The van der Waals surface area contributed by atoms with E-state index in [9.17, 15) is 0 Å². The molecule has 1 aromatic rings. The number of hydrogen-bond donors (Lipinski definition) is 1. The SMILES string of the molecule is N=CC1CC2(CCCOC2)Oc2ccc(Br)cc21. The third-order valence-corrected chi connectivity index (χ3v) is 4.27. The molecular weight excluding hydrogens is 294 g/mol. The van der Waals surface area contributed by atoms with Crippen molar-refractivity contribution in [1.29, 1.82) is 5.41 Å². The highest BCUT2D eigenvalue weighted by Crippen LogP contribution is 2.44. The molecule has 0 aliphatic carbocycles. The third-order valence-electron chi connectivity index (χ3n) is 3.78. The van der Waals surface area contributed by atoms with E-state index in [4.69, 9.17) is 14.9 Å². The molecule has 1 N–H and O–H groups in total. The maximum Gasteiger partial charge on any atom is 0.133 e. The highest BCUT2D eigenvalue weighted by atomic mass is 79.9. The highest BCUT2D eigenvalue weighted by molar-refractivity contribution is 9.10. The molecule has 1 saturated heterocycles. The Kier molecular flexibility index (Phi) is 3.16. The first kappa shape index (κ1) is 12.2. The summed E-state index contributed by atoms with van der Waals surface area (Å²) < 4.78 is 12.8. The Morgan fingerprint density at radius 1 is 1.44 bits per heavy atom. The van der Waals surface area contributed by atoms with Gasteiger partial charge in [0.1, 0.15) is 11.4 Å². The average molecular weight is 310 g/mol. The van der Waals surface area contributed by atoms with Crippen molar-refractivity contribution in [2.45, 2.75) is 30.8 Å². The van der Waals surface area contributed by atoms with Crippen LogP contribution in [-0.2, 0) is 4.74 Å². The smallest absolute Gasteiger partial charge is 0.133 e. The lowest BCUT2D eigenvalue weighted by atomic mass is 9.80. The second kappa shape index (κ2) is 4.67. The summed E-state index contributed by atoms with van der Waals surface area (Å²) in [6.45, 7) is 1.47.